The molecule has 1 aromatic carbocycles. The number of amides is 1. The Balaban J connectivity index is 1.65. The third-order valence-electron chi connectivity index (χ3n) is 5.17. The van der Waals surface area contributed by atoms with Crippen LogP contribution in [0.4, 0.5) is 0 Å². The van der Waals surface area contributed by atoms with Crippen LogP contribution in [-0.4, -0.2) is 65.6 Å². The van der Waals surface area contributed by atoms with Crippen LogP contribution in [0.2, 0.25) is 0 Å². The van der Waals surface area contributed by atoms with Crippen molar-refractivity contribution in [3.05, 3.63) is 41.7 Å². The van der Waals surface area contributed by atoms with Gasteiger partial charge in [-0.1, -0.05) is 18.2 Å². The number of piperazine rings is 1. The number of nitrogens with zero attached hydrogens (tertiary/aromatic N) is 4. The molecule has 1 atom stereocenters. The van der Waals surface area contributed by atoms with Crippen LogP contribution in [0.15, 0.2) is 35.2 Å². The number of aromatic nitrogens is 2. The molecule has 0 radical (unpaired) electrons. The van der Waals surface area contributed by atoms with Crippen molar-refractivity contribution in [3.8, 4) is 5.75 Å². The van der Waals surface area contributed by atoms with Gasteiger partial charge in [0.05, 0.1) is 11.4 Å². The summed E-state index contributed by atoms with van der Waals surface area (Å²) in [6.07, 6.45) is -0.632. The van der Waals surface area contributed by atoms with Crippen LogP contribution in [0.1, 0.15) is 25.2 Å². The molecule has 2 aromatic rings. The molecule has 0 spiro atoms. The molecule has 8 nitrogen and oxygen atoms in total. The molecule has 0 saturated carbocycles. The number of hydrogen-bond donors (Lipinski definition) is 0. The lowest BCUT2D eigenvalue weighted by Crippen LogP contribution is -2.53. The Kier molecular flexibility index (Phi) is 6.28. The van der Waals surface area contributed by atoms with Crippen molar-refractivity contribution in [3.63, 3.8) is 0 Å². The molecule has 2 heterocycles. The van der Waals surface area contributed by atoms with Crippen LogP contribution in [-0.2, 0) is 21.4 Å². The minimum atomic E-state index is -3.65. The van der Waals surface area contributed by atoms with Crippen molar-refractivity contribution in [2.75, 3.05) is 26.2 Å². The van der Waals surface area contributed by atoms with E-state index in [2.05, 4.69) is 5.10 Å². The minimum Gasteiger partial charge on any atom is -0.481 e. The first-order valence-corrected chi connectivity index (χ1v) is 11.2. The average Bonchev–Trinajstić information content (AvgIpc) is 3.02. The van der Waals surface area contributed by atoms with Crippen molar-refractivity contribution < 1.29 is 17.9 Å². The van der Waals surface area contributed by atoms with Gasteiger partial charge in [0.25, 0.3) is 5.91 Å². The van der Waals surface area contributed by atoms with Crippen molar-refractivity contribution in [2.24, 2.45) is 0 Å². The maximum atomic E-state index is 13.2. The van der Waals surface area contributed by atoms with Gasteiger partial charge in [-0.15, -0.1) is 0 Å². The number of carbonyl (C=O) groups is 1. The maximum absolute atomic E-state index is 13.2. The van der Waals surface area contributed by atoms with E-state index in [0.717, 1.165) is 0 Å². The van der Waals surface area contributed by atoms with Crippen molar-refractivity contribution in [1.29, 1.82) is 0 Å². The molecule has 1 aromatic heterocycles. The van der Waals surface area contributed by atoms with Crippen molar-refractivity contribution >= 4 is 15.9 Å². The SMILES string of the molecule is CCn1nc(C)c(S(=O)(=O)N2CCN(C(=O)[C@H](C)Oc3ccccc3)CC2)c1C. The van der Waals surface area contributed by atoms with Crippen molar-refractivity contribution in [2.45, 2.75) is 45.2 Å². The fourth-order valence-corrected chi connectivity index (χ4v) is 5.45. The Morgan fingerprint density at radius 2 is 1.76 bits per heavy atom. The van der Waals surface area contributed by atoms with Gasteiger partial charge in [0.15, 0.2) is 6.10 Å². The molecule has 1 aliphatic rings. The topological polar surface area (TPSA) is 84.7 Å². The van der Waals surface area contributed by atoms with Crippen LogP contribution in [0.3, 0.4) is 0 Å². The van der Waals surface area contributed by atoms with Crippen LogP contribution in [0.25, 0.3) is 0 Å². The molecule has 0 aliphatic carbocycles. The number of ether oxygens (including phenoxy) is 1. The smallest absolute Gasteiger partial charge is 0.263 e. The fraction of sp³-hybridized carbons (Fsp3) is 0.500. The monoisotopic (exact) mass is 420 g/mol. The summed E-state index contributed by atoms with van der Waals surface area (Å²) < 4.78 is 35.2. The second-order valence-electron chi connectivity index (χ2n) is 7.12. The number of benzene rings is 1. The summed E-state index contributed by atoms with van der Waals surface area (Å²) in [5.74, 6) is 0.491. The van der Waals surface area contributed by atoms with Gasteiger partial charge in [0, 0.05) is 32.7 Å². The Bertz CT molecular complexity index is 964. The van der Waals surface area contributed by atoms with Crippen LogP contribution >= 0.6 is 0 Å². The number of sulfonamides is 1. The zero-order valence-corrected chi connectivity index (χ0v) is 18.1. The number of para-hydroxylation sites is 1. The largest absolute Gasteiger partial charge is 0.481 e. The molecule has 0 unspecified atom stereocenters. The summed E-state index contributed by atoms with van der Waals surface area (Å²) in [6.45, 7) is 8.92. The Hall–Kier alpha value is -2.39. The Morgan fingerprint density at radius 1 is 1.14 bits per heavy atom. The highest BCUT2D eigenvalue weighted by atomic mass is 32.2. The number of aryl methyl sites for hydroxylation is 2. The molecule has 29 heavy (non-hydrogen) atoms. The third kappa shape index (κ3) is 4.30. The van der Waals surface area contributed by atoms with Crippen LogP contribution in [0, 0.1) is 13.8 Å². The average molecular weight is 421 g/mol. The fourth-order valence-electron chi connectivity index (χ4n) is 3.65. The first-order valence-electron chi connectivity index (χ1n) is 9.80. The van der Waals surface area contributed by atoms with Gasteiger partial charge >= 0.3 is 0 Å². The Morgan fingerprint density at radius 3 is 2.31 bits per heavy atom. The second-order valence-corrected chi connectivity index (χ2v) is 8.99. The normalized spacial score (nSPS) is 16.6. The van der Waals surface area contributed by atoms with Crippen molar-refractivity contribution in [1.82, 2.24) is 19.0 Å². The molecule has 1 fully saturated rings. The molecule has 0 N–H and O–H groups in total. The van der Waals surface area contributed by atoms with E-state index in [0.29, 0.717) is 36.8 Å². The molecule has 9 heteroatoms. The summed E-state index contributed by atoms with van der Waals surface area (Å²) in [4.78, 5) is 14.6. The van der Waals surface area contributed by atoms with Gasteiger partial charge in [0.1, 0.15) is 10.6 Å². The highest BCUT2D eigenvalue weighted by Gasteiger charge is 2.35. The van der Waals surface area contributed by atoms with E-state index in [1.165, 1.54) is 4.31 Å². The van der Waals surface area contributed by atoms with E-state index in [-0.39, 0.29) is 23.9 Å². The van der Waals surface area contributed by atoms with Gasteiger partial charge < -0.3 is 9.64 Å². The van der Waals surface area contributed by atoms with Gasteiger partial charge in [0.2, 0.25) is 10.0 Å². The third-order valence-corrected chi connectivity index (χ3v) is 7.32. The van der Waals surface area contributed by atoms with Gasteiger partial charge in [-0.25, -0.2) is 8.42 Å². The summed E-state index contributed by atoms with van der Waals surface area (Å²) in [5.41, 5.74) is 1.15. The van der Waals surface area contributed by atoms with Gasteiger partial charge in [-0.2, -0.15) is 9.40 Å². The lowest BCUT2D eigenvalue weighted by atomic mass is 10.3. The first kappa shape index (κ1) is 21.3. The van der Waals surface area contributed by atoms with Gasteiger partial charge in [-0.05, 0) is 39.8 Å². The lowest BCUT2D eigenvalue weighted by molar-refractivity contribution is -0.139. The maximum Gasteiger partial charge on any atom is 0.263 e. The predicted octanol–water partition coefficient (Wildman–Crippen LogP) is 1.82. The van der Waals surface area contributed by atoms with E-state index in [1.807, 2.05) is 25.1 Å². The van der Waals surface area contributed by atoms with E-state index >= 15 is 0 Å². The lowest BCUT2D eigenvalue weighted by Gasteiger charge is -2.35. The van der Waals surface area contributed by atoms with Crippen LogP contribution in [0.5, 0.6) is 5.75 Å². The molecule has 1 amide bonds. The quantitative estimate of drug-likeness (QED) is 0.712. The number of hydrogen-bond acceptors (Lipinski definition) is 5. The zero-order chi connectivity index (χ0) is 21.2. The molecule has 3 rings (SSSR count). The standard InChI is InChI=1S/C20H28N4O4S/c1-5-24-16(3)19(15(2)21-24)29(26,27)23-13-11-22(12-14-23)20(25)17(4)28-18-9-7-6-8-10-18/h6-10,17H,5,11-14H2,1-4H3/t17-/m0/s1. The van der Waals surface area contributed by atoms with E-state index in [4.69, 9.17) is 4.74 Å². The van der Waals surface area contributed by atoms with E-state index < -0.39 is 16.1 Å². The van der Waals surface area contributed by atoms with Crippen LogP contribution < -0.4 is 4.74 Å². The predicted molar refractivity (Wildman–Crippen MR) is 109 cm³/mol. The summed E-state index contributed by atoms with van der Waals surface area (Å²) in [6, 6.07) is 9.18. The Labute approximate surface area is 172 Å². The zero-order valence-electron chi connectivity index (χ0n) is 17.3. The van der Waals surface area contributed by atoms with E-state index in [1.54, 1.807) is 42.5 Å². The molecule has 1 aliphatic heterocycles. The molecule has 1 saturated heterocycles. The summed E-state index contributed by atoms with van der Waals surface area (Å²) in [5, 5.41) is 4.33. The molecular formula is C20H28N4O4S. The second kappa shape index (κ2) is 8.54. The highest BCUT2D eigenvalue weighted by molar-refractivity contribution is 7.89. The number of rotatable bonds is 6. The highest BCUT2D eigenvalue weighted by Crippen LogP contribution is 2.24. The minimum absolute atomic E-state index is 0.142. The molecule has 0 bridgehead atoms. The van der Waals surface area contributed by atoms with Gasteiger partial charge in [-0.3, -0.25) is 9.48 Å². The molecule has 158 valence electrons. The molecular weight excluding hydrogens is 392 g/mol. The number of carbonyl (C=O) groups excluding carboxylic acids is 1. The first-order chi connectivity index (χ1) is 13.8. The van der Waals surface area contributed by atoms with E-state index in [9.17, 15) is 13.2 Å². The summed E-state index contributed by atoms with van der Waals surface area (Å²) >= 11 is 0. The summed E-state index contributed by atoms with van der Waals surface area (Å²) in [7, 11) is -3.65.